The van der Waals surface area contributed by atoms with Gasteiger partial charge in [0, 0.05) is 18.9 Å². The van der Waals surface area contributed by atoms with E-state index in [1.54, 1.807) is 5.57 Å². The van der Waals surface area contributed by atoms with Crippen molar-refractivity contribution in [2.45, 2.75) is 103 Å². The van der Waals surface area contributed by atoms with E-state index < -0.39 is 0 Å². The van der Waals surface area contributed by atoms with Gasteiger partial charge in [0.1, 0.15) is 11.8 Å². The zero-order chi connectivity index (χ0) is 26.3. The number of hydrogen-bond acceptors (Lipinski definition) is 4. The molecule has 4 nitrogen and oxygen atoms in total. The highest BCUT2D eigenvalue weighted by atomic mass is 16.5. The molecular weight excluding hydrogens is 470 g/mol. The zero-order valence-corrected chi connectivity index (χ0v) is 23.9. The summed E-state index contributed by atoms with van der Waals surface area (Å²) in [5, 5.41) is 3.90. The number of piperidine rings is 1. The Morgan fingerprint density at radius 1 is 1.03 bits per heavy atom. The van der Waals surface area contributed by atoms with Crippen LogP contribution in [0.3, 0.4) is 0 Å². The minimum atomic E-state index is -0.173. The molecule has 1 aromatic carbocycles. The molecule has 4 aliphatic carbocycles. The van der Waals surface area contributed by atoms with Crippen molar-refractivity contribution in [3.05, 3.63) is 47.5 Å². The molecule has 206 valence electrons. The van der Waals surface area contributed by atoms with Crippen LogP contribution >= 0.6 is 0 Å². The van der Waals surface area contributed by atoms with Gasteiger partial charge in [-0.3, -0.25) is 5.32 Å². The Balaban J connectivity index is 1.08. The quantitative estimate of drug-likeness (QED) is 0.334. The molecule has 2 aliphatic heterocycles. The van der Waals surface area contributed by atoms with Gasteiger partial charge in [-0.1, -0.05) is 57.5 Å². The Labute approximate surface area is 229 Å². The predicted molar refractivity (Wildman–Crippen MR) is 149 cm³/mol. The number of benzene rings is 1. The van der Waals surface area contributed by atoms with Crippen molar-refractivity contribution in [1.29, 1.82) is 0 Å². The molecule has 2 heterocycles. The van der Waals surface area contributed by atoms with Crippen LogP contribution in [0.4, 0.5) is 0 Å². The molecule has 1 spiro atoms. The molecule has 6 aliphatic rings. The van der Waals surface area contributed by atoms with E-state index in [-0.39, 0.29) is 23.2 Å². The van der Waals surface area contributed by atoms with Crippen LogP contribution in [0.2, 0.25) is 0 Å². The first-order valence-corrected chi connectivity index (χ1v) is 15.6. The van der Waals surface area contributed by atoms with E-state index in [0.29, 0.717) is 28.9 Å². The molecule has 2 saturated heterocycles. The lowest BCUT2D eigenvalue weighted by atomic mass is 9.47. The third-order valence-corrected chi connectivity index (χ3v) is 12.8. The van der Waals surface area contributed by atoms with Gasteiger partial charge >= 0.3 is 5.97 Å². The molecule has 5 fully saturated rings. The molecule has 0 bridgehead atoms. The Bertz CT molecular complexity index is 1110. The second-order valence-electron chi connectivity index (χ2n) is 14.6. The van der Waals surface area contributed by atoms with E-state index in [0.717, 1.165) is 49.5 Å². The number of fused-ring (bicyclic) bond motifs is 7. The van der Waals surface area contributed by atoms with Crippen LogP contribution in [0.15, 0.2) is 42.0 Å². The number of carbonyl (C=O) groups is 1. The van der Waals surface area contributed by atoms with Gasteiger partial charge in [-0.15, -0.1) is 0 Å². The van der Waals surface area contributed by atoms with Crippen molar-refractivity contribution in [1.82, 2.24) is 5.32 Å². The number of hydrogen-bond donors (Lipinski definition) is 1. The third-order valence-electron chi connectivity index (χ3n) is 12.8. The second-order valence-corrected chi connectivity index (χ2v) is 14.6. The zero-order valence-electron chi connectivity index (χ0n) is 23.9. The van der Waals surface area contributed by atoms with Crippen molar-refractivity contribution < 1.29 is 14.3 Å². The molecule has 11 atom stereocenters. The van der Waals surface area contributed by atoms with E-state index in [2.05, 4.69) is 39.1 Å². The van der Waals surface area contributed by atoms with Crippen LogP contribution in [0, 0.1) is 46.3 Å². The van der Waals surface area contributed by atoms with Gasteiger partial charge in [0.2, 0.25) is 0 Å². The molecule has 1 aromatic rings. The lowest BCUT2D eigenvalue weighted by molar-refractivity contribution is -0.115. The van der Waals surface area contributed by atoms with E-state index in [4.69, 9.17) is 9.47 Å². The molecule has 3 saturated carbocycles. The molecule has 1 N–H and O–H groups in total. The number of ether oxygens (including phenoxy) is 2. The summed E-state index contributed by atoms with van der Waals surface area (Å²) in [6.07, 6.45) is 13.6. The Morgan fingerprint density at radius 2 is 1.84 bits per heavy atom. The summed E-state index contributed by atoms with van der Waals surface area (Å²) in [5.41, 5.74) is 2.80. The summed E-state index contributed by atoms with van der Waals surface area (Å²) in [5.74, 6) is 4.14. The monoisotopic (exact) mass is 517 g/mol. The summed E-state index contributed by atoms with van der Waals surface area (Å²) in [6, 6.07) is 9.46. The molecule has 0 amide bonds. The Morgan fingerprint density at radius 3 is 2.61 bits per heavy atom. The van der Waals surface area contributed by atoms with Gasteiger partial charge in [-0.25, -0.2) is 4.79 Å². The molecule has 11 unspecified atom stereocenters. The summed E-state index contributed by atoms with van der Waals surface area (Å²) in [6.45, 7) is 11.2. The topological polar surface area (TPSA) is 47.6 Å². The molecular formula is C34H47NO3. The van der Waals surface area contributed by atoms with Crippen molar-refractivity contribution in [3.8, 4) is 0 Å². The van der Waals surface area contributed by atoms with Gasteiger partial charge < -0.3 is 9.47 Å². The first-order valence-electron chi connectivity index (χ1n) is 15.6. The van der Waals surface area contributed by atoms with Crippen LogP contribution in [0.1, 0.15) is 95.8 Å². The van der Waals surface area contributed by atoms with Crippen molar-refractivity contribution in [2.75, 3.05) is 6.54 Å². The minimum Gasteiger partial charge on any atom is -0.458 e. The highest BCUT2D eigenvalue weighted by Crippen LogP contribution is 2.70. The summed E-state index contributed by atoms with van der Waals surface area (Å²) >= 11 is 0. The SMILES string of the molecule is CC1CCC2(NC1)OC1CC3C4CC=C5CC(OC(=O)c6ccccc6)CCC5(C)C4CCC3(C)C1C2C. The standard InChI is InChI=1S/C34H47NO3/c1-21-12-17-34(35-20-21)22(2)30-29(38-34)19-28-26-11-10-24-18-25(37-31(36)23-8-6-5-7-9-23)13-15-32(24,3)27(26)14-16-33(28,30)4/h5-10,21-22,25-30,35H,11-20H2,1-4H3. The summed E-state index contributed by atoms with van der Waals surface area (Å²) in [4.78, 5) is 12.7. The van der Waals surface area contributed by atoms with Gasteiger partial charge in [0.15, 0.2) is 0 Å². The molecule has 38 heavy (non-hydrogen) atoms. The van der Waals surface area contributed by atoms with Crippen LogP contribution in [0.25, 0.3) is 0 Å². The normalized spacial score (nSPS) is 49.4. The fraction of sp³-hybridized carbons (Fsp3) is 0.735. The largest absolute Gasteiger partial charge is 0.458 e. The predicted octanol–water partition coefficient (Wildman–Crippen LogP) is 7.15. The Hall–Kier alpha value is -1.65. The average molecular weight is 518 g/mol. The van der Waals surface area contributed by atoms with E-state index in [1.165, 1.54) is 38.5 Å². The number of carbonyl (C=O) groups excluding carboxylic acids is 1. The van der Waals surface area contributed by atoms with Gasteiger partial charge in [-0.05, 0) is 104 Å². The van der Waals surface area contributed by atoms with Crippen molar-refractivity contribution in [3.63, 3.8) is 0 Å². The number of allylic oxidation sites excluding steroid dienone is 1. The minimum absolute atomic E-state index is 0.00873. The van der Waals surface area contributed by atoms with Crippen LogP contribution < -0.4 is 5.32 Å². The van der Waals surface area contributed by atoms with Crippen molar-refractivity contribution >= 4 is 5.97 Å². The van der Waals surface area contributed by atoms with Crippen LogP contribution in [-0.4, -0.2) is 30.4 Å². The number of rotatable bonds is 2. The molecule has 4 heteroatoms. The van der Waals surface area contributed by atoms with Gasteiger partial charge in [0.25, 0.3) is 0 Å². The van der Waals surface area contributed by atoms with Gasteiger partial charge in [0.05, 0.1) is 11.7 Å². The summed E-state index contributed by atoms with van der Waals surface area (Å²) in [7, 11) is 0. The van der Waals surface area contributed by atoms with E-state index >= 15 is 0 Å². The highest BCUT2D eigenvalue weighted by molar-refractivity contribution is 5.89. The Kier molecular flexibility index (Phi) is 5.95. The first kappa shape index (κ1) is 25.3. The fourth-order valence-corrected chi connectivity index (χ4v) is 10.7. The highest BCUT2D eigenvalue weighted by Gasteiger charge is 2.68. The summed E-state index contributed by atoms with van der Waals surface area (Å²) < 4.78 is 13.1. The van der Waals surface area contributed by atoms with Crippen molar-refractivity contribution in [2.24, 2.45) is 46.3 Å². The third kappa shape index (κ3) is 3.65. The van der Waals surface area contributed by atoms with Crippen LogP contribution in [0.5, 0.6) is 0 Å². The first-order chi connectivity index (χ1) is 18.2. The maximum Gasteiger partial charge on any atom is 0.338 e. The smallest absolute Gasteiger partial charge is 0.338 e. The second kappa shape index (κ2) is 8.93. The molecule has 7 rings (SSSR count). The van der Waals surface area contributed by atoms with E-state index in [9.17, 15) is 4.79 Å². The maximum absolute atomic E-state index is 12.7. The van der Waals surface area contributed by atoms with Crippen LogP contribution in [-0.2, 0) is 9.47 Å². The average Bonchev–Trinajstić information content (AvgIpc) is 3.36. The lowest BCUT2D eigenvalue weighted by Gasteiger charge is -2.58. The molecule has 0 radical (unpaired) electrons. The lowest BCUT2D eigenvalue weighted by Crippen LogP contribution is -2.57. The number of nitrogens with one attached hydrogen (secondary N) is 1. The number of esters is 1. The fourth-order valence-electron chi connectivity index (χ4n) is 10.7. The molecule has 0 aromatic heterocycles. The van der Waals surface area contributed by atoms with E-state index in [1.807, 2.05) is 30.3 Å². The maximum atomic E-state index is 12.7. The van der Waals surface area contributed by atoms with Gasteiger partial charge in [-0.2, -0.15) is 0 Å².